The highest BCUT2D eigenvalue weighted by atomic mass is 32.2. The normalized spacial score (nSPS) is 19.5. The largest absolute Gasteiger partial charge is 0.507 e. The van der Waals surface area contributed by atoms with Crippen molar-refractivity contribution in [1.82, 2.24) is 5.32 Å². The van der Waals surface area contributed by atoms with Gasteiger partial charge >= 0.3 is 0 Å². The van der Waals surface area contributed by atoms with E-state index in [-0.39, 0.29) is 11.7 Å². The molecular formula is C13H17NO2S2. The van der Waals surface area contributed by atoms with Crippen LogP contribution in [0.15, 0.2) is 18.2 Å². The number of hydrogen-bond acceptors (Lipinski definition) is 4. The van der Waals surface area contributed by atoms with Crippen LogP contribution in [0.1, 0.15) is 15.9 Å². The topological polar surface area (TPSA) is 49.3 Å². The number of phenols is 1. The van der Waals surface area contributed by atoms with Crippen molar-refractivity contribution in [3.05, 3.63) is 29.3 Å². The predicted octanol–water partition coefficient (Wildman–Crippen LogP) is 2.28. The molecule has 98 valence electrons. The van der Waals surface area contributed by atoms with E-state index in [9.17, 15) is 9.90 Å². The van der Waals surface area contributed by atoms with Crippen LogP contribution in [0, 0.1) is 6.92 Å². The van der Waals surface area contributed by atoms with Crippen LogP contribution in [-0.4, -0.2) is 40.1 Å². The zero-order chi connectivity index (χ0) is 13.0. The Balaban J connectivity index is 1.92. The molecule has 1 amide bonds. The standard InChI is InChI=1S/C13H17NO2S2/c1-9-2-3-12(15)11(6-9)13(16)14-7-10-8-17-4-5-18-10/h2-3,6,10,15H,4-5,7-8H2,1H3,(H,14,16). The SMILES string of the molecule is Cc1ccc(O)c(C(=O)NCC2CSCCS2)c1. The van der Waals surface area contributed by atoms with Crippen molar-refractivity contribution < 1.29 is 9.90 Å². The minimum Gasteiger partial charge on any atom is -0.507 e. The summed E-state index contributed by atoms with van der Waals surface area (Å²) in [6.45, 7) is 2.58. The molecular weight excluding hydrogens is 266 g/mol. The fourth-order valence-electron chi connectivity index (χ4n) is 1.79. The first kappa shape index (κ1) is 13.6. The molecule has 3 nitrogen and oxygen atoms in total. The van der Waals surface area contributed by atoms with Crippen molar-refractivity contribution in [1.29, 1.82) is 0 Å². The van der Waals surface area contributed by atoms with Gasteiger partial charge in [0.1, 0.15) is 5.75 Å². The maximum Gasteiger partial charge on any atom is 0.255 e. The average molecular weight is 283 g/mol. The third-order valence-corrected chi connectivity index (χ3v) is 5.62. The summed E-state index contributed by atoms with van der Waals surface area (Å²) >= 11 is 3.84. The maximum absolute atomic E-state index is 12.0. The molecule has 1 aliphatic heterocycles. The van der Waals surface area contributed by atoms with Gasteiger partial charge in [-0.3, -0.25) is 4.79 Å². The van der Waals surface area contributed by atoms with Crippen molar-refractivity contribution >= 4 is 29.4 Å². The van der Waals surface area contributed by atoms with Gasteiger partial charge in [0.05, 0.1) is 5.56 Å². The van der Waals surface area contributed by atoms with Gasteiger partial charge in [-0.1, -0.05) is 11.6 Å². The Labute approximate surface area is 116 Å². The van der Waals surface area contributed by atoms with Crippen molar-refractivity contribution in [3.8, 4) is 5.75 Å². The molecule has 0 radical (unpaired) electrons. The number of aromatic hydroxyl groups is 1. The molecule has 1 fully saturated rings. The second kappa shape index (κ2) is 6.38. The lowest BCUT2D eigenvalue weighted by molar-refractivity contribution is 0.0951. The maximum atomic E-state index is 12.0. The van der Waals surface area contributed by atoms with E-state index < -0.39 is 0 Å². The van der Waals surface area contributed by atoms with Gasteiger partial charge in [0.2, 0.25) is 0 Å². The monoisotopic (exact) mass is 283 g/mol. The molecule has 0 aliphatic carbocycles. The number of rotatable bonds is 3. The molecule has 1 saturated heterocycles. The molecule has 2 rings (SSSR count). The molecule has 1 unspecified atom stereocenters. The summed E-state index contributed by atoms with van der Waals surface area (Å²) in [5, 5.41) is 13.1. The zero-order valence-electron chi connectivity index (χ0n) is 10.3. The van der Waals surface area contributed by atoms with Crippen LogP contribution in [0.3, 0.4) is 0 Å². The highest BCUT2D eigenvalue weighted by Crippen LogP contribution is 2.23. The van der Waals surface area contributed by atoms with E-state index in [0.29, 0.717) is 17.4 Å². The lowest BCUT2D eigenvalue weighted by Gasteiger charge is -2.21. The smallest absolute Gasteiger partial charge is 0.255 e. The summed E-state index contributed by atoms with van der Waals surface area (Å²) in [6, 6.07) is 5.07. The molecule has 1 heterocycles. The summed E-state index contributed by atoms with van der Waals surface area (Å²) in [4.78, 5) is 12.0. The first-order valence-corrected chi connectivity index (χ1v) is 8.14. The molecule has 5 heteroatoms. The van der Waals surface area contributed by atoms with Gasteiger partial charge < -0.3 is 10.4 Å². The van der Waals surface area contributed by atoms with Crippen LogP contribution in [0.25, 0.3) is 0 Å². The number of nitrogens with one attached hydrogen (secondary N) is 1. The van der Waals surface area contributed by atoms with E-state index in [1.54, 1.807) is 18.2 Å². The lowest BCUT2D eigenvalue weighted by Crippen LogP contribution is -2.33. The minimum absolute atomic E-state index is 0.0452. The van der Waals surface area contributed by atoms with Crippen molar-refractivity contribution in [2.75, 3.05) is 23.8 Å². The number of carbonyl (C=O) groups excluding carboxylic acids is 1. The highest BCUT2D eigenvalue weighted by molar-refractivity contribution is 8.06. The summed E-state index contributed by atoms with van der Waals surface area (Å²) in [7, 11) is 0. The minimum atomic E-state index is -0.188. The number of aryl methyl sites for hydroxylation is 1. The van der Waals surface area contributed by atoms with E-state index >= 15 is 0 Å². The Hall–Kier alpha value is -0.810. The molecule has 18 heavy (non-hydrogen) atoms. The van der Waals surface area contributed by atoms with Crippen LogP contribution in [0.4, 0.5) is 0 Å². The third-order valence-electron chi connectivity index (χ3n) is 2.77. The number of phenolic OH excluding ortho intramolecular Hbond substituents is 1. The molecule has 1 aromatic carbocycles. The van der Waals surface area contributed by atoms with Crippen molar-refractivity contribution in [3.63, 3.8) is 0 Å². The van der Waals surface area contributed by atoms with Crippen molar-refractivity contribution in [2.24, 2.45) is 0 Å². The first-order chi connectivity index (χ1) is 8.66. The number of benzene rings is 1. The second-order valence-corrected chi connectivity index (χ2v) is 6.86. The van der Waals surface area contributed by atoms with E-state index in [4.69, 9.17) is 0 Å². The van der Waals surface area contributed by atoms with Gasteiger partial charge in [-0.25, -0.2) is 0 Å². The quantitative estimate of drug-likeness (QED) is 0.893. The van der Waals surface area contributed by atoms with Gasteiger partial charge in [-0.15, -0.1) is 0 Å². The van der Waals surface area contributed by atoms with Crippen LogP contribution >= 0.6 is 23.5 Å². The van der Waals surface area contributed by atoms with Gasteiger partial charge in [0, 0.05) is 29.1 Å². The van der Waals surface area contributed by atoms with Crippen LogP contribution in [0.5, 0.6) is 5.75 Å². The number of carbonyl (C=O) groups is 1. The number of hydrogen-bond donors (Lipinski definition) is 2. The van der Waals surface area contributed by atoms with Gasteiger partial charge in [0.25, 0.3) is 5.91 Å². The van der Waals surface area contributed by atoms with E-state index in [0.717, 1.165) is 17.1 Å². The first-order valence-electron chi connectivity index (χ1n) is 5.94. The van der Waals surface area contributed by atoms with E-state index in [2.05, 4.69) is 5.32 Å². The molecule has 2 N–H and O–H groups in total. The summed E-state index contributed by atoms with van der Waals surface area (Å²) in [6.07, 6.45) is 0. The average Bonchev–Trinajstić information content (AvgIpc) is 2.40. The van der Waals surface area contributed by atoms with Gasteiger partial charge in [0.15, 0.2) is 0 Å². The summed E-state index contributed by atoms with van der Waals surface area (Å²) < 4.78 is 0. The predicted molar refractivity (Wildman–Crippen MR) is 78.7 cm³/mol. The summed E-state index contributed by atoms with van der Waals surface area (Å²) in [5.74, 6) is 3.30. The Bertz CT molecular complexity index is 431. The fraction of sp³-hybridized carbons (Fsp3) is 0.462. The zero-order valence-corrected chi connectivity index (χ0v) is 11.9. The third kappa shape index (κ3) is 3.59. The Morgan fingerprint density at radius 2 is 2.33 bits per heavy atom. The second-order valence-electron chi connectivity index (χ2n) is 4.30. The van der Waals surface area contributed by atoms with Crippen LogP contribution in [0.2, 0.25) is 0 Å². The molecule has 1 aromatic rings. The highest BCUT2D eigenvalue weighted by Gasteiger charge is 2.17. The Morgan fingerprint density at radius 1 is 1.50 bits per heavy atom. The molecule has 0 spiro atoms. The van der Waals surface area contributed by atoms with E-state index in [1.165, 1.54) is 5.75 Å². The van der Waals surface area contributed by atoms with Crippen LogP contribution in [-0.2, 0) is 0 Å². The molecule has 0 saturated carbocycles. The van der Waals surface area contributed by atoms with E-state index in [1.807, 2.05) is 30.4 Å². The van der Waals surface area contributed by atoms with Crippen LogP contribution < -0.4 is 5.32 Å². The molecule has 1 aliphatic rings. The Kier molecular flexibility index (Phi) is 4.83. The lowest BCUT2D eigenvalue weighted by atomic mass is 10.1. The fourth-order valence-corrected chi connectivity index (χ4v) is 4.40. The molecule has 1 atom stereocenters. The molecule has 0 aromatic heterocycles. The number of amides is 1. The molecule has 0 bridgehead atoms. The van der Waals surface area contributed by atoms with Crippen molar-refractivity contribution in [2.45, 2.75) is 12.2 Å². The number of thioether (sulfide) groups is 2. The van der Waals surface area contributed by atoms with Gasteiger partial charge in [-0.2, -0.15) is 23.5 Å². The Morgan fingerprint density at radius 3 is 3.06 bits per heavy atom. The van der Waals surface area contributed by atoms with Gasteiger partial charge in [-0.05, 0) is 19.1 Å². The summed E-state index contributed by atoms with van der Waals surface area (Å²) in [5.41, 5.74) is 1.34.